The predicted octanol–water partition coefficient (Wildman–Crippen LogP) is 3.84. The molecular weight excluding hydrogens is 426 g/mol. The summed E-state index contributed by atoms with van der Waals surface area (Å²) in [6.45, 7) is 4.14. The molecule has 180 valence electrons. The van der Waals surface area contributed by atoms with Gasteiger partial charge in [0.15, 0.2) is 0 Å². The molecule has 3 fully saturated rings. The molecule has 2 atom stereocenters. The number of amides is 3. The molecule has 3 aliphatic rings. The van der Waals surface area contributed by atoms with Crippen LogP contribution in [0.15, 0.2) is 12.2 Å². The van der Waals surface area contributed by atoms with Gasteiger partial charge in [0.1, 0.15) is 0 Å². The Labute approximate surface area is 196 Å². The highest BCUT2D eigenvalue weighted by molar-refractivity contribution is 8.00. The van der Waals surface area contributed by atoms with E-state index in [1.807, 2.05) is 6.08 Å². The number of alkyl carbamates (subject to hydrolysis) is 1. The number of imide groups is 1. The molecule has 0 spiro atoms. The van der Waals surface area contributed by atoms with Crippen LogP contribution in [0.2, 0.25) is 0 Å². The molecule has 0 bridgehead atoms. The van der Waals surface area contributed by atoms with Crippen molar-refractivity contribution in [3.05, 3.63) is 12.2 Å². The molecule has 2 unspecified atom stereocenters. The van der Waals surface area contributed by atoms with Crippen LogP contribution in [0.3, 0.4) is 0 Å². The number of ether oxygens (including phenoxy) is 1. The highest BCUT2D eigenvalue weighted by Gasteiger charge is 2.35. The van der Waals surface area contributed by atoms with E-state index < -0.39 is 12.0 Å². The number of piperidine rings is 1. The van der Waals surface area contributed by atoms with Gasteiger partial charge >= 0.3 is 6.09 Å². The number of nitrogens with zero attached hydrogens (tertiary/aromatic N) is 1. The van der Waals surface area contributed by atoms with E-state index in [9.17, 15) is 14.4 Å². The van der Waals surface area contributed by atoms with Crippen molar-refractivity contribution >= 4 is 29.7 Å². The Hall–Kier alpha value is -1.54. The molecular formula is C24H39N3O4S. The smallest absolute Gasteiger partial charge is 0.413 e. The first-order valence-corrected chi connectivity index (χ1v) is 13.4. The number of thioether (sulfide) groups is 1. The SMILES string of the molecule is CCOC(=O)NC(=O)C1CCSC1NC(=O)C=CC1CCN(C2CCCCCCC2)CC1. The van der Waals surface area contributed by atoms with Gasteiger partial charge in [0.25, 0.3) is 0 Å². The monoisotopic (exact) mass is 465 g/mol. The van der Waals surface area contributed by atoms with E-state index in [0.717, 1.165) is 37.7 Å². The highest BCUT2D eigenvalue weighted by Crippen LogP contribution is 2.31. The van der Waals surface area contributed by atoms with E-state index in [1.54, 1.807) is 24.8 Å². The number of hydrogen-bond acceptors (Lipinski definition) is 6. The summed E-state index contributed by atoms with van der Waals surface area (Å²) in [6, 6.07) is 0.751. The fourth-order valence-electron chi connectivity index (χ4n) is 5.05. The molecule has 2 N–H and O–H groups in total. The molecule has 2 heterocycles. The van der Waals surface area contributed by atoms with Crippen molar-refractivity contribution in [3.8, 4) is 0 Å². The number of rotatable bonds is 6. The van der Waals surface area contributed by atoms with Gasteiger partial charge in [0.05, 0.1) is 17.9 Å². The molecule has 0 radical (unpaired) electrons. The predicted molar refractivity (Wildman–Crippen MR) is 127 cm³/mol. The fraction of sp³-hybridized carbons (Fsp3) is 0.792. The highest BCUT2D eigenvalue weighted by atomic mass is 32.2. The first-order valence-electron chi connectivity index (χ1n) is 12.4. The standard InChI is InChI=1S/C24H39N3O4S/c1-2-31-24(30)26-22(29)20-14-17-32-23(20)25-21(28)11-10-18-12-15-27(16-13-18)19-8-6-4-3-5-7-9-19/h10-11,18-20,23H,2-9,12-17H2,1H3,(H,25,28)(H,26,29,30). The molecule has 2 aliphatic heterocycles. The molecule has 0 aromatic rings. The van der Waals surface area contributed by atoms with E-state index in [0.29, 0.717) is 12.3 Å². The summed E-state index contributed by atoms with van der Waals surface area (Å²) < 4.78 is 4.77. The van der Waals surface area contributed by atoms with Crippen LogP contribution in [0.4, 0.5) is 4.79 Å². The third-order valence-electron chi connectivity index (χ3n) is 6.90. The molecule has 1 aliphatic carbocycles. The Morgan fingerprint density at radius 1 is 1.00 bits per heavy atom. The van der Waals surface area contributed by atoms with Gasteiger partial charge in [0, 0.05) is 6.04 Å². The van der Waals surface area contributed by atoms with Crippen LogP contribution in [0.5, 0.6) is 0 Å². The van der Waals surface area contributed by atoms with Crippen LogP contribution < -0.4 is 10.6 Å². The van der Waals surface area contributed by atoms with Crippen molar-refractivity contribution in [2.75, 3.05) is 25.4 Å². The maximum absolute atomic E-state index is 12.5. The van der Waals surface area contributed by atoms with Gasteiger partial charge in [-0.3, -0.25) is 14.9 Å². The van der Waals surface area contributed by atoms with Crippen molar-refractivity contribution in [2.45, 2.75) is 82.5 Å². The van der Waals surface area contributed by atoms with Crippen LogP contribution in [0.1, 0.15) is 71.1 Å². The van der Waals surface area contributed by atoms with E-state index in [-0.39, 0.29) is 23.8 Å². The van der Waals surface area contributed by atoms with Gasteiger partial charge in [-0.25, -0.2) is 4.79 Å². The quantitative estimate of drug-likeness (QED) is 0.580. The summed E-state index contributed by atoms with van der Waals surface area (Å²) in [7, 11) is 0. The first kappa shape index (κ1) is 25.1. The van der Waals surface area contributed by atoms with Crippen molar-refractivity contribution in [2.24, 2.45) is 11.8 Å². The lowest BCUT2D eigenvalue weighted by Crippen LogP contribution is -2.44. The van der Waals surface area contributed by atoms with Crippen LogP contribution in [-0.2, 0) is 14.3 Å². The van der Waals surface area contributed by atoms with Crippen molar-refractivity contribution in [3.63, 3.8) is 0 Å². The maximum atomic E-state index is 12.5. The lowest BCUT2D eigenvalue weighted by Gasteiger charge is -2.37. The lowest BCUT2D eigenvalue weighted by atomic mass is 9.91. The Bertz CT molecular complexity index is 656. The van der Waals surface area contributed by atoms with E-state index in [1.165, 1.54) is 44.9 Å². The molecule has 3 rings (SSSR count). The zero-order valence-electron chi connectivity index (χ0n) is 19.4. The fourth-order valence-corrected chi connectivity index (χ4v) is 6.38. The van der Waals surface area contributed by atoms with Crippen molar-refractivity contribution < 1.29 is 19.1 Å². The second-order valence-corrected chi connectivity index (χ2v) is 10.4. The molecule has 32 heavy (non-hydrogen) atoms. The number of hydrogen-bond donors (Lipinski definition) is 2. The van der Waals surface area contributed by atoms with Gasteiger partial charge in [-0.05, 0) is 69.9 Å². The molecule has 0 aromatic carbocycles. The number of nitrogens with one attached hydrogen (secondary N) is 2. The summed E-state index contributed by atoms with van der Waals surface area (Å²) in [4.78, 5) is 39.0. The third kappa shape index (κ3) is 7.80. The Balaban J connectivity index is 1.40. The minimum absolute atomic E-state index is 0.166. The van der Waals surface area contributed by atoms with Gasteiger partial charge in [-0.15, -0.1) is 11.8 Å². The Morgan fingerprint density at radius 2 is 1.69 bits per heavy atom. The van der Waals surface area contributed by atoms with Crippen LogP contribution in [0.25, 0.3) is 0 Å². The summed E-state index contributed by atoms with van der Waals surface area (Å²) >= 11 is 1.54. The summed E-state index contributed by atoms with van der Waals surface area (Å²) in [5.41, 5.74) is 0. The molecule has 1 saturated carbocycles. The minimum Gasteiger partial charge on any atom is -0.450 e. The van der Waals surface area contributed by atoms with Gasteiger partial charge in [-0.2, -0.15) is 0 Å². The van der Waals surface area contributed by atoms with Crippen molar-refractivity contribution in [1.29, 1.82) is 0 Å². The number of likely N-dealkylation sites (tertiary alicyclic amines) is 1. The summed E-state index contributed by atoms with van der Waals surface area (Å²) in [6.07, 6.45) is 15.3. The number of allylic oxidation sites excluding steroid dienone is 1. The normalized spacial score (nSPS) is 26.4. The molecule has 2 saturated heterocycles. The Kier molecular flexibility index (Phi) is 10.4. The van der Waals surface area contributed by atoms with Crippen molar-refractivity contribution in [1.82, 2.24) is 15.5 Å². The van der Waals surface area contributed by atoms with Gasteiger partial charge in [-0.1, -0.05) is 38.2 Å². The molecule has 3 amide bonds. The molecule has 8 heteroatoms. The Morgan fingerprint density at radius 3 is 2.38 bits per heavy atom. The molecule has 0 aromatic heterocycles. The van der Waals surface area contributed by atoms with Gasteiger partial charge in [0.2, 0.25) is 11.8 Å². The largest absolute Gasteiger partial charge is 0.450 e. The second kappa shape index (κ2) is 13.2. The average Bonchev–Trinajstić information content (AvgIpc) is 3.21. The number of carbonyl (C=O) groups is 3. The van der Waals surface area contributed by atoms with Gasteiger partial charge < -0.3 is 15.0 Å². The number of carbonyl (C=O) groups excluding carboxylic acids is 3. The first-order chi connectivity index (χ1) is 15.6. The summed E-state index contributed by atoms with van der Waals surface area (Å²) in [5, 5.41) is 4.89. The zero-order chi connectivity index (χ0) is 22.8. The maximum Gasteiger partial charge on any atom is 0.413 e. The van der Waals surface area contributed by atoms with Crippen LogP contribution in [-0.4, -0.2) is 59.7 Å². The summed E-state index contributed by atoms with van der Waals surface area (Å²) in [5.74, 6) is 0.235. The lowest BCUT2D eigenvalue weighted by molar-refractivity contribution is -0.124. The van der Waals surface area contributed by atoms with E-state index >= 15 is 0 Å². The van der Waals surface area contributed by atoms with Crippen LogP contribution in [0, 0.1) is 11.8 Å². The second-order valence-electron chi connectivity index (χ2n) is 9.14. The van der Waals surface area contributed by atoms with E-state index in [4.69, 9.17) is 4.74 Å². The topological polar surface area (TPSA) is 87.7 Å². The zero-order valence-corrected chi connectivity index (χ0v) is 20.2. The van der Waals surface area contributed by atoms with E-state index in [2.05, 4.69) is 15.5 Å². The minimum atomic E-state index is -0.731. The molecule has 7 nitrogen and oxygen atoms in total. The van der Waals surface area contributed by atoms with Crippen LogP contribution >= 0.6 is 11.8 Å². The third-order valence-corrected chi connectivity index (χ3v) is 8.18. The average molecular weight is 466 g/mol.